The van der Waals surface area contributed by atoms with Gasteiger partial charge in [0.1, 0.15) is 5.76 Å². The Hall–Kier alpha value is -1.85. The first-order valence-corrected chi connectivity index (χ1v) is 7.28. The van der Waals surface area contributed by atoms with Crippen molar-refractivity contribution in [1.29, 1.82) is 0 Å². The number of furan rings is 1. The minimum Gasteiger partial charge on any atom is -0.467 e. The molecule has 0 aliphatic rings. The van der Waals surface area contributed by atoms with Crippen molar-refractivity contribution in [3.8, 4) is 0 Å². The first-order chi connectivity index (χ1) is 10.3. The van der Waals surface area contributed by atoms with Crippen molar-refractivity contribution in [3.05, 3.63) is 60.1 Å². The molecular weight excluding hydrogens is 284 g/mol. The number of hydrogen-bond donors (Lipinski definition) is 1. The fraction of sp³-hybridized carbons (Fsp3) is 0.312. The van der Waals surface area contributed by atoms with Crippen molar-refractivity contribution in [2.24, 2.45) is 0 Å². The lowest BCUT2D eigenvalue weighted by Crippen LogP contribution is -2.40. The van der Waals surface area contributed by atoms with E-state index in [9.17, 15) is 0 Å². The van der Waals surface area contributed by atoms with E-state index in [1.807, 2.05) is 30.3 Å². The molecule has 0 amide bonds. The van der Waals surface area contributed by atoms with Gasteiger partial charge in [0.25, 0.3) is 0 Å². The molecule has 112 valence electrons. The lowest BCUT2D eigenvalue weighted by Gasteiger charge is -2.25. The van der Waals surface area contributed by atoms with Crippen LogP contribution in [-0.2, 0) is 17.8 Å². The molecule has 0 bridgehead atoms. The maximum Gasteiger partial charge on any atom is 0.169 e. The summed E-state index contributed by atoms with van der Waals surface area (Å²) >= 11 is 5.48. The Labute approximate surface area is 130 Å². The maximum atomic E-state index is 5.48. The number of hydrogen-bond acceptors (Lipinski definition) is 3. The van der Waals surface area contributed by atoms with Crippen LogP contribution in [0.3, 0.4) is 0 Å². The number of ether oxygens (including phenoxy) is 1. The minimum atomic E-state index is 0.587. The molecule has 4 nitrogen and oxygen atoms in total. The Morgan fingerprint density at radius 1 is 1.24 bits per heavy atom. The highest BCUT2D eigenvalue weighted by molar-refractivity contribution is 7.80. The number of nitrogens with one attached hydrogen (secondary N) is 1. The van der Waals surface area contributed by atoms with E-state index in [1.165, 1.54) is 5.56 Å². The van der Waals surface area contributed by atoms with Crippen LogP contribution >= 0.6 is 12.2 Å². The first kappa shape index (κ1) is 15.5. The molecule has 2 rings (SSSR count). The Morgan fingerprint density at radius 2 is 2.05 bits per heavy atom. The first-order valence-electron chi connectivity index (χ1n) is 6.87. The molecule has 5 heteroatoms. The van der Waals surface area contributed by atoms with Crippen LogP contribution < -0.4 is 5.32 Å². The molecular formula is C16H20N2O2S. The number of nitrogens with zero attached hydrogens (tertiary/aromatic N) is 1. The van der Waals surface area contributed by atoms with Gasteiger partial charge in [0.15, 0.2) is 5.11 Å². The van der Waals surface area contributed by atoms with Crippen molar-refractivity contribution in [2.75, 3.05) is 20.3 Å². The molecule has 0 fully saturated rings. The van der Waals surface area contributed by atoms with Gasteiger partial charge in [0.2, 0.25) is 0 Å². The molecule has 0 saturated heterocycles. The molecule has 0 aliphatic heterocycles. The zero-order valence-electron chi connectivity index (χ0n) is 12.1. The van der Waals surface area contributed by atoms with Gasteiger partial charge in [-0.05, 0) is 29.9 Å². The van der Waals surface area contributed by atoms with Crippen LogP contribution in [0.25, 0.3) is 0 Å². The van der Waals surface area contributed by atoms with E-state index < -0.39 is 0 Å². The summed E-state index contributed by atoms with van der Waals surface area (Å²) in [5.74, 6) is 0.865. The van der Waals surface area contributed by atoms with Gasteiger partial charge >= 0.3 is 0 Å². The highest BCUT2D eigenvalue weighted by Crippen LogP contribution is 2.06. The lowest BCUT2D eigenvalue weighted by atomic mass is 10.2. The number of methoxy groups -OCH3 is 1. The van der Waals surface area contributed by atoms with Crippen molar-refractivity contribution >= 4 is 17.3 Å². The smallest absolute Gasteiger partial charge is 0.169 e. The molecule has 1 heterocycles. The number of rotatable bonds is 7. The summed E-state index contributed by atoms with van der Waals surface area (Å²) in [6, 6.07) is 14.0. The fourth-order valence-corrected chi connectivity index (χ4v) is 2.17. The largest absolute Gasteiger partial charge is 0.467 e. The normalized spacial score (nSPS) is 10.3. The molecule has 2 aromatic rings. The Morgan fingerprint density at radius 3 is 2.71 bits per heavy atom. The molecule has 0 saturated carbocycles. The second-order valence-corrected chi connectivity index (χ2v) is 5.02. The molecule has 21 heavy (non-hydrogen) atoms. The second kappa shape index (κ2) is 8.44. The molecule has 1 aromatic carbocycles. The van der Waals surface area contributed by atoms with Gasteiger partial charge in [0, 0.05) is 20.2 Å². The molecule has 0 atom stereocenters. The topological polar surface area (TPSA) is 37.6 Å². The summed E-state index contributed by atoms with van der Waals surface area (Å²) in [5, 5.41) is 3.92. The molecule has 0 aliphatic carbocycles. The average molecular weight is 304 g/mol. The van der Waals surface area contributed by atoms with E-state index in [2.05, 4.69) is 22.3 Å². The third-order valence-corrected chi connectivity index (χ3v) is 3.47. The molecule has 0 spiro atoms. The molecule has 0 unspecified atom stereocenters. The standard InChI is InChI=1S/C16H20N2O2S/c1-19-11-9-18(13-14-6-3-2-4-7-14)16(21)17-12-15-8-5-10-20-15/h2-8,10H,9,11-13H2,1H3,(H,17,21). The lowest BCUT2D eigenvalue weighted by molar-refractivity contribution is 0.174. The van der Waals surface area contributed by atoms with E-state index in [1.54, 1.807) is 13.4 Å². The van der Waals surface area contributed by atoms with Crippen LogP contribution in [0.2, 0.25) is 0 Å². The van der Waals surface area contributed by atoms with Crippen molar-refractivity contribution in [2.45, 2.75) is 13.1 Å². The summed E-state index contributed by atoms with van der Waals surface area (Å²) in [7, 11) is 1.69. The number of benzene rings is 1. The maximum absolute atomic E-state index is 5.48. The van der Waals surface area contributed by atoms with Gasteiger partial charge in [-0.15, -0.1) is 0 Å². The zero-order valence-corrected chi connectivity index (χ0v) is 12.9. The van der Waals surface area contributed by atoms with E-state index in [4.69, 9.17) is 21.4 Å². The van der Waals surface area contributed by atoms with Crippen LogP contribution in [0.4, 0.5) is 0 Å². The average Bonchev–Trinajstić information content (AvgIpc) is 3.03. The molecule has 1 N–H and O–H groups in total. The van der Waals surface area contributed by atoms with Crippen LogP contribution in [0.15, 0.2) is 53.1 Å². The zero-order chi connectivity index (χ0) is 14.9. The van der Waals surface area contributed by atoms with Gasteiger partial charge in [-0.1, -0.05) is 30.3 Å². The molecule has 0 radical (unpaired) electrons. The van der Waals surface area contributed by atoms with Gasteiger partial charge < -0.3 is 19.4 Å². The van der Waals surface area contributed by atoms with E-state index in [-0.39, 0.29) is 0 Å². The predicted octanol–water partition coefficient (Wildman–Crippen LogP) is 2.80. The number of thiocarbonyl (C=S) groups is 1. The van der Waals surface area contributed by atoms with Crippen LogP contribution in [0.5, 0.6) is 0 Å². The van der Waals surface area contributed by atoms with E-state index in [0.29, 0.717) is 18.3 Å². The van der Waals surface area contributed by atoms with Gasteiger partial charge in [-0.2, -0.15) is 0 Å². The highest BCUT2D eigenvalue weighted by Gasteiger charge is 2.10. The monoisotopic (exact) mass is 304 g/mol. The van der Waals surface area contributed by atoms with Crippen LogP contribution in [0, 0.1) is 0 Å². The van der Waals surface area contributed by atoms with Crippen molar-refractivity contribution in [1.82, 2.24) is 10.2 Å². The van der Waals surface area contributed by atoms with E-state index >= 15 is 0 Å². The Balaban J connectivity index is 1.92. The highest BCUT2D eigenvalue weighted by atomic mass is 32.1. The van der Waals surface area contributed by atoms with Gasteiger partial charge in [-0.3, -0.25) is 0 Å². The minimum absolute atomic E-state index is 0.587. The summed E-state index contributed by atoms with van der Waals surface area (Å²) in [6.45, 7) is 2.73. The van der Waals surface area contributed by atoms with Crippen molar-refractivity contribution < 1.29 is 9.15 Å². The van der Waals surface area contributed by atoms with Crippen LogP contribution in [-0.4, -0.2) is 30.3 Å². The fourth-order valence-electron chi connectivity index (χ4n) is 1.95. The second-order valence-electron chi connectivity index (χ2n) is 4.64. The van der Waals surface area contributed by atoms with Gasteiger partial charge in [0.05, 0.1) is 19.4 Å². The Kier molecular flexibility index (Phi) is 6.24. The van der Waals surface area contributed by atoms with Crippen molar-refractivity contribution in [3.63, 3.8) is 0 Å². The summed E-state index contributed by atoms with van der Waals surface area (Å²) in [4.78, 5) is 2.09. The predicted molar refractivity (Wildman–Crippen MR) is 86.9 cm³/mol. The Bertz CT molecular complexity index is 528. The summed E-state index contributed by atoms with van der Waals surface area (Å²) in [6.07, 6.45) is 1.66. The van der Waals surface area contributed by atoms with Crippen LogP contribution in [0.1, 0.15) is 11.3 Å². The summed E-state index contributed by atoms with van der Waals surface area (Å²) in [5.41, 5.74) is 1.22. The third-order valence-electron chi connectivity index (χ3n) is 3.06. The quantitative estimate of drug-likeness (QED) is 0.796. The molecule has 1 aromatic heterocycles. The van der Waals surface area contributed by atoms with E-state index in [0.717, 1.165) is 18.8 Å². The van der Waals surface area contributed by atoms with Gasteiger partial charge in [-0.25, -0.2) is 0 Å². The third kappa shape index (κ3) is 5.21. The SMILES string of the molecule is COCCN(Cc1ccccc1)C(=S)NCc1ccco1. The summed E-state index contributed by atoms with van der Waals surface area (Å²) < 4.78 is 10.5.